The zero-order chi connectivity index (χ0) is 13.1. The Morgan fingerprint density at radius 3 is 3.16 bits per heavy atom. The molecule has 3 aromatic rings. The number of anilines is 1. The fraction of sp³-hybridized carbons (Fsp3) is 0.214. The van der Waals surface area contributed by atoms with E-state index in [1.807, 2.05) is 18.6 Å². The van der Waals surface area contributed by atoms with E-state index < -0.39 is 0 Å². The van der Waals surface area contributed by atoms with E-state index in [1.165, 1.54) is 5.39 Å². The molecule has 98 valence electrons. The number of aliphatic hydroxyl groups is 1. The van der Waals surface area contributed by atoms with Crippen LogP contribution in [0.25, 0.3) is 10.9 Å². The Kier molecular flexibility index (Phi) is 3.20. The van der Waals surface area contributed by atoms with Gasteiger partial charge in [-0.15, -0.1) is 0 Å². The van der Waals surface area contributed by atoms with Crippen LogP contribution in [0.15, 0.2) is 42.9 Å². The van der Waals surface area contributed by atoms with Crippen molar-refractivity contribution in [3.05, 3.63) is 48.4 Å². The van der Waals surface area contributed by atoms with Crippen molar-refractivity contribution in [3.63, 3.8) is 0 Å². The number of nitrogens with zero attached hydrogens (tertiary/aromatic N) is 2. The van der Waals surface area contributed by atoms with E-state index in [4.69, 9.17) is 5.11 Å². The minimum Gasteiger partial charge on any atom is -0.394 e. The van der Waals surface area contributed by atoms with Gasteiger partial charge in [0.15, 0.2) is 0 Å². The molecule has 1 aromatic carbocycles. The van der Waals surface area contributed by atoms with Crippen molar-refractivity contribution in [2.45, 2.75) is 13.1 Å². The first kappa shape index (κ1) is 11.8. The normalized spacial score (nSPS) is 11.0. The molecule has 0 atom stereocenters. The Morgan fingerprint density at radius 2 is 2.26 bits per heavy atom. The van der Waals surface area contributed by atoms with Gasteiger partial charge in [0, 0.05) is 41.1 Å². The van der Waals surface area contributed by atoms with Gasteiger partial charge in [0.1, 0.15) is 0 Å². The fourth-order valence-electron chi connectivity index (χ4n) is 2.09. The summed E-state index contributed by atoms with van der Waals surface area (Å²) >= 11 is 0. The van der Waals surface area contributed by atoms with Crippen LogP contribution in [0.5, 0.6) is 0 Å². The van der Waals surface area contributed by atoms with Crippen molar-refractivity contribution in [2.75, 3.05) is 11.9 Å². The molecule has 2 aromatic heterocycles. The number of H-pyrrole nitrogens is 1. The Morgan fingerprint density at radius 1 is 1.32 bits per heavy atom. The van der Waals surface area contributed by atoms with Gasteiger partial charge in [-0.3, -0.25) is 4.68 Å². The minimum atomic E-state index is 0.110. The van der Waals surface area contributed by atoms with Gasteiger partial charge in [0.2, 0.25) is 0 Å². The van der Waals surface area contributed by atoms with Crippen LogP contribution >= 0.6 is 0 Å². The summed E-state index contributed by atoms with van der Waals surface area (Å²) in [4.78, 5) is 3.17. The van der Waals surface area contributed by atoms with Crippen molar-refractivity contribution in [1.29, 1.82) is 0 Å². The summed E-state index contributed by atoms with van der Waals surface area (Å²) < 4.78 is 1.74. The molecule has 0 radical (unpaired) electrons. The summed E-state index contributed by atoms with van der Waals surface area (Å²) in [6, 6.07) is 8.29. The highest BCUT2D eigenvalue weighted by molar-refractivity contribution is 5.82. The lowest BCUT2D eigenvalue weighted by atomic mass is 10.2. The van der Waals surface area contributed by atoms with Crippen LogP contribution in [-0.4, -0.2) is 26.5 Å². The molecule has 0 aliphatic carbocycles. The number of aliphatic hydroxyl groups excluding tert-OH is 1. The standard InChI is InChI=1S/C14H16N4O/c19-6-5-18-10-11(9-17-18)8-16-13-1-2-14-12(7-13)3-4-15-14/h1-4,7,9-10,15-16,19H,5-6,8H2. The number of hydrogen-bond donors (Lipinski definition) is 3. The summed E-state index contributed by atoms with van der Waals surface area (Å²) in [6.07, 6.45) is 5.70. The van der Waals surface area contributed by atoms with Crippen molar-refractivity contribution in [2.24, 2.45) is 0 Å². The van der Waals surface area contributed by atoms with Gasteiger partial charge >= 0.3 is 0 Å². The molecule has 19 heavy (non-hydrogen) atoms. The molecule has 0 spiro atoms. The Hall–Kier alpha value is -2.27. The van der Waals surface area contributed by atoms with Gasteiger partial charge in [-0.1, -0.05) is 0 Å². The van der Waals surface area contributed by atoms with Gasteiger partial charge < -0.3 is 15.4 Å². The van der Waals surface area contributed by atoms with Crippen molar-refractivity contribution >= 4 is 16.6 Å². The maximum absolute atomic E-state index is 8.84. The van der Waals surface area contributed by atoms with Crippen LogP contribution in [0, 0.1) is 0 Å². The summed E-state index contributed by atoms with van der Waals surface area (Å²) in [5, 5.41) is 17.6. The average molecular weight is 256 g/mol. The predicted molar refractivity (Wildman–Crippen MR) is 74.9 cm³/mol. The number of aromatic nitrogens is 3. The van der Waals surface area contributed by atoms with Gasteiger partial charge in [0.05, 0.1) is 19.3 Å². The average Bonchev–Trinajstić information content (AvgIpc) is 3.04. The summed E-state index contributed by atoms with van der Waals surface area (Å²) in [5.74, 6) is 0. The van der Waals surface area contributed by atoms with E-state index >= 15 is 0 Å². The largest absolute Gasteiger partial charge is 0.394 e. The molecule has 0 unspecified atom stereocenters. The van der Waals surface area contributed by atoms with E-state index in [1.54, 1.807) is 4.68 Å². The second-order valence-electron chi connectivity index (χ2n) is 4.47. The second kappa shape index (κ2) is 5.16. The molecule has 0 bridgehead atoms. The summed E-state index contributed by atoms with van der Waals surface area (Å²) in [6.45, 7) is 1.37. The van der Waals surface area contributed by atoms with Crippen molar-refractivity contribution < 1.29 is 5.11 Å². The third-order valence-electron chi connectivity index (χ3n) is 3.07. The molecular weight excluding hydrogens is 240 g/mol. The maximum atomic E-state index is 8.84. The highest BCUT2D eigenvalue weighted by Crippen LogP contribution is 2.18. The number of fused-ring (bicyclic) bond motifs is 1. The molecule has 2 heterocycles. The van der Waals surface area contributed by atoms with Crippen LogP contribution in [-0.2, 0) is 13.1 Å². The number of rotatable bonds is 5. The van der Waals surface area contributed by atoms with E-state index in [9.17, 15) is 0 Å². The molecule has 0 fully saturated rings. The summed E-state index contributed by atoms with van der Waals surface area (Å²) in [5.41, 5.74) is 3.32. The molecule has 0 aliphatic rings. The van der Waals surface area contributed by atoms with Crippen LogP contribution in [0.1, 0.15) is 5.56 Å². The molecule has 0 amide bonds. The van der Waals surface area contributed by atoms with Crippen LogP contribution < -0.4 is 5.32 Å². The molecule has 5 heteroatoms. The molecule has 0 saturated heterocycles. The first-order valence-corrected chi connectivity index (χ1v) is 6.28. The van der Waals surface area contributed by atoms with E-state index in [0.717, 1.165) is 23.3 Å². The van der Waals surface area contributed by atoms with E-state index in [-0.39, 0.29) is 6.61 Å². The third kappa shape index (κ3) is 2.61. The summed E-state index contributed by atoms with van der Waals surface area (Å²) in [7, 11) is 0. The van der Waals surface area contributed by atoms with Gasteiger partial charge in [-0.2, -0.15) is 5.10 Å². The number of hydrogen-bond acceptors (Lipinski definition) is 3. The highest BCUT2D eigenvalue weighted by Gasteiger charge is 2.00. The fourth-order valence-corrected chi connectivity index (χ4v) is 2.09. The predicted octanol–water partition coefficient (Wildman–Crippen LogP) is 1.97. The molecule has 3 N–H and O–H groups in total. The first-order valence-electron chi connectivity index (χ1n) is 6.28. The van der Waals surface area contributed by atoms with Gasteiger partial charge in [0.25, 0.3) is 0 Å². The second-order valence-corrected chi connectivity index (χ2v) is 4.47. The minimum absolute atomic E-state index is 0.110. The lowest BCUT2D eigenvalue weighted by Gasteiger charge is -2.04. The van der Waals surface area contributed by atoms with Crippen LogP contribution in [0.3, 0.4) is 0 Å². The molecule has 0 aliphatic heterocycles. The van der Waals surface area contributed by atoms with E-state index in [2.05, 4.69) is 39.7 Å². The first-order chi connectivity index (χ1) is 9.35. The Balaban J connectivity index is 1.67. The SMILES string of the molecule is OCCn1cc(CNc2ccc3[nH]ccc3c2)cn1. The smallest absolute Gasteiger partial charge is 0.0640 e. The monoisotopic (exact) mass is 256 g/mol. The van der Waals surface area contributed by atoms with Crippen LogP contribution in [0.4, 0.5) is 5.69 Å². The number of aromatic amines is 1. The van der Waals surface area contributed by atoms with Gasteiger partial charge in [-0.05, 0) is 24.3 Å². The number of nitrogens with one attached hydrogen (secondary N) is 2. The molecule has 3 rings (SSSR count). The quantitative estimate of drug-likeness (QED) is 0.654. The molecular formula is C14H16N4O. The van der Waals surface area contributed by atoms with Crippen LogP contribution in [0.2, 0.25) is 0 Å². The van der Waals surface area contributed by atoms with E-state index in [0.29, 0.717) is 6.54 Å². The molecule has 0 saturated carbocycles. The third-order valence-corrected chi connectivity index (χ3v) is 3.07. The zero-order valence-corrected chi connectivity index (χ0v) is 10.5. The lowest BCUT2D eigenvalue weighted by Crippen LogP contribution is -2.02. The number of benzene rings is 1. The topological polar surface area (TPSA) is 65.9 Å². The lowest BCUT2D eigenvalue weighted by molar-refractivity contribution is 0.269. The van der Waals surface area contributed by atoms with Crippen molar-refractivity contribution in [1.82, 2.24) is 14.8 Å². The maximum Gasteiger partial charge on any atom is 0.0640 e. The highest BCUT2D eigenvalue weighted by atomic mass is 16.3. The zero-order valence-electron chi connectivity index (χ0n) is 10.5. The Bertz CT molecular complexity index is 671. The molecule has 5 nitrogen and oxygen atoms in total. The van der Waals surface area contributed by atoms with Crippen molar-refractivity contribution in [3.8, 4) is 0 Å². The Labute approximate surface area is 110 Å². The van der Waals surface area contributed by atoms with Gasteiger partial charge in [-0.25, -0.2) is 0 Å².